The standard InChI is InChI=1S/C18H23F2N3O2/c19-18(20)25-16-4-2-1-3-14(16)21-9-11-22(12-10-21)15-7-8-23(17(15)24)13-5-6-13/h1-4,13,15,18H,5-12H2. The lowest BCUT2D eigenvalue weighted by molar-refractivity contribution is -0.132. The lowest BCUT2D eigenvalue weighted by Gasteiger charge is -2.38. The van der Waals surface area contributed by atoms with E-state index in [1.807, 2.05) is 17.0 Å². The number of carbonyl (C=O) groups excluding carboxylic acids is 1. The van der Waals surface area contributed by atoms with Gasteiger partial charge in [0.05, 0.1) is 11.7 Å². The number of rotatable bonds is 5. The van der Waals surface area contributed by atoms with E-state index in [1.54, 1.807) is 12.1 Å². The van der Waals surface area contributed by atoms with Crippen LogP contribution in [0.3, 0.4) is 0 Å². The maximum absolute atomic E-state index is 12.6. The molecule has 3 fully saturated rings. The fourth-order valence-electron chi connectivity index (χ4n) is 3.96. The quantitative estimate of drug-likeness (QED) is 0.815. The molecule has 2 aliphatic heterocycles. The number of para-hydroxylation sites is 2. The molecule has 3 aliphatic rings. The first-order valence-corrected chi connectivity index (χ1v) is 8.97. The van der Waals surface area contributed by atoms with Crippen LogP contribution in [0, 0.1) is 0 Å². The van der Waals surface area contributed by atoms with E-state index in [0.717, 1.165) is 38.9 Å². The van der Waals surface area contributed by atoms with Crippen LogP contribution in [0.25, 0.3) is 0 Å². The molecule has 0 N–H and O–H groups in total. The number of likely N-dealkylation sites (tertiary alicyclic amines) is 1. The number of piperazine rings is 1. The molecule has 0 spiro atoms. The first kappa shape index (κ1) is 16.6. The smallest absolute Gasteiger partial charge is 0.387 e. The highest BCUT2D eigenvalue weighted by atomic mass is 19.3. The third-order valence-corrected chi connectivity index (χ3v) is 5.38. The number of hydrogen-bond donors (Lipinski definition) is 0. The Morgan fingerprint density at radius 2 is 1.72 bits per heavy atom. The molecule has 7 heteroatoms. The summed E-state index contributed by atoms with van der Waals surface area (Å²) in [6, 6.07) is 7.38. The molecule has 5 nitrogen and oxygen atoms in total. The minimum atomic E-state index is -2.83. The Balaban J connectivity index is 1.38. The average molecular weight is 351 g/mol. The van der Waals surface area contributed by atoms with Crippen molar-refractivity contribution in [3.63, 3.8) is 0 Å². The average Bonchev–Trinajstić information content (AvgIpc) is 3.38. The summed E-state index contributed by atoms with van der Waals surface area (Å²) in [5.74, 6) is 0.486. The second kappa shape index (κ2) is 6.78. The summed E-state index contributed by atoms with van der Waals surface area (Å²) in [6.07, 6.45) is 3.20. The van der Waals surface area contributed by atoms with Crippen LogP contribution >= 0.6 is 0 Å². The summed E-state index contributed by atoms with van der Waals surface area (Å²) in [7, 11) is 0. The van der Waals surface area contributed by atoms with Crippen LogP contribution in [0.1, 0.15) is 19.3 Å². The van der Waals surface area contributed by atoms with Gasteiger partial charge in [0.25, 0.3) is 0 Å². The molecule has 136 valence electrons. The molecule has 2 heterocycles. The molecule has 1 aromatic carbocycles. The Morgan fingerprint density at radius 1 is 1.00 bits per heavy atom. The molecule has 0 aromatic heterocycles. The van der Waals surface area contributed by atoms with Crippen LogP contribution in [-0.4, -0.2) is 67.1 Å². The number of anilines is 1. The molecule has 1 saturated carbocycles. The number of benzene rings is 1. The monoisotopic (exact) mass is 351 g/mol. The van der Waals surface area contributed by atoms with E-state index in [0.29, 0.717) is 24.8 Å². The molecule has 0 bridgehead atoms. The van der Waals surface area contributed by atoms with Crippen molar-refractivity contribution in [1.29, 1.82) is 0 Å². The van der Waals surface area contributed by atoms with Gasteiger partial charge in [-0.1, -0.05) is 12.1 Å². The number of carbonyl (C=O) groups is 1. The van der Waals surface area contributed by atoms with E-state index >= 15 is 0 Å². The van der Waals surface area contributed by atoms with Gasteiger partial charge >= 0.3 is 6.61 Å². The van der Waals surface area contributed by atoms with Gasteiger partial charge in [-0.25, -0.2) is 0 Å². The first-order chi connectivity index (χ1) is 12.1. The molecule has 4 rings (SSSR count). The van der Waals surface area contributed by atoms with E-state index < -0.39 is 6.61 Å². The Morgan fingerprint density at radius 3 is 2.40 bits per heavy atom. The maximum Gasteiger partial charge on any atom is 0.387 e. The molecule has 1 aliphatic carbocycles. The van der Waals surface area contributed by atoms with E-state index in [9.17, 15) is 13.6 Å². The summed E-state index contributed by atoms with van der Waals surface area (Å²) < 4.78 is 29.8. The number of halogens is 2. The molecule has 1 aromatic rings. The van der Waals surface area contributed by atoms with Crippen molar-refractivity contribution in [3.8, 4) is 5.75 Å². The molecule has 1 amide bonds. The zero-order valence-corrected chi connectivity index (χ0v) is 14.1. The van der Waals surface area contributed by atoms with Gasteiger partial charge < -0.3 is 14.5 Å². The lowest BCUT2D eigenvalue weighted by atomic mass is 10.1. The second-order valence-electron chi connectivity index (χ2n) is 6.94. The van der Waals surface area contributed by atoms with Gasteiger partial charge in [-0.2, -0.15) is 8.78 Å². The van der Waals surface area contributed by atoms with Crippen molar-refractivity contribution in [2.75, 3.05) is 37.6 Å². The highest BCUT2D eigenvalue weighted by molar-refractivity contribution is 5.84. The Labute approximate surface area is 146 Å². The van der Waals surface area contributed by atoms with Gasteiger partial charge in [-0.05, 0) is 31.4 Å². The zero-order valence-electron chi connectivity index (χ0n) is 14.1. The predicted molar refractivity (Wildman–Crippen MR) is 90.0 cm³/mol. The summed E-state index contributed by atoms with van der Waals surface area (Å²) in [5, 5.41) is 0. The lowest BCUT2D eigenvalue weighted by Crippen LogP contribution is -2.52. The number of alkyl halides is 2. The molecule has 1 atom stereocenters. The zero-order chi connectivity index (χ0) is 17.4. The van der Waals surface area contributed by atoms with Crippen molar-refractivity contribution in [2.24, 2.45) is 0 Å². The van der Waals surface area contributed by atoms with E-state index in [2.05, 4.69) is 14.5 Å². The minimum absolute atomic E-state index is 0.00434. The van der Waals surface area contributed by atoms with Crippen LogP contribution < -0.4 is 9.64 Å². The Bertz CT molecular complexity index is 631. The fourth-order valence-corrected chi connectivity index (χ4v) is 3.96. The third kappa shape index (κ3) is 3.42. The van der Waals surface area contributed by atoms with Crippen LogP contribution in [0.5, 0.6) is 5.75 Å². The number of hydrogen-bond acceptors (Lipinski definition) is 4. The van der Waals surface area contributed by atoms with Gasteiger partial charge in [0.1, 0.15) is 5.75 Å². The Kier molecular flexibility index (Phi) is 4.50. The molecule has 25 heavy (non-hydrogen) atoms. The topological polar surface area (TPSA) is 36.0 Å². The fraction of sp³-hybridized carbons (Fsp3) is 0.611. The number of nitrogens with zero attached hydrogens (tertiary/aromatic N) is 3. The van der Waals surface area contributed by atoms with Gasteiger partial charge in [0, 0.05) is 38.8 Å². The SMILES string of the molecule is O=C1C(N2CCN(c3ccccc3OC(F)F)CC2)CCN1C1CC1. The van der Waals surface area contributed by atoms with E-state index in [4.69, 9.17) is 0 Å². The maximum atomic E-state index is 12.6. The summed E-state index contributed by atoms with van der Waals surface area (Å²) in [6.45, 7) is 0.982. The second-order valence-corrected chi connectivity index (χ2v) is 6.94. The van der Waals surface area contributed by atoms with Gasteiger partial charge in [0.2, 0.25) is 5.91 Å². The third-order valence-electron chi connectivity index (χ3n) is 5.38. The van der Waals surface area contributed by atoms with Crippen LogP contribution in [0.2, 0.25) is 0 Å². The summed E-state index contributed by atoms with van der Waals surface area (Å²) in [4.78, 5) is 18.9. The first-order valence-electron chi connectivity index (χ1n) is 8.97. The molecule has 0 radical (unpaired) electrons. The van der Waals surface area contributed by atoms with Crippen molar-refractivity contribution in [1.82, 2.24) is 9.80 Å². The molecular formula is C18H23F2N3O2. The highest BCUT2D eigenvalue weighted by Gasteiger charge is 2.43. The van der Waals surface area contributed by atoms with Crippen LogP contribution in [-0.2, 0) is 4.79 Å². The van der Waals surface area contributed by atoms with Crippen molar-refractivity contribution >= 4 is 11.6 Å². The van der Waals surface area contributed by atoms with E-state index in [-0.39, 0.29) is 17.7 Å². The minimum Gasteiger partial charge on any atom is -0.433 e. The normalized spacial score (nSPS) is 25.1. The summed E-state index contributed by atoms with van der Waals surface area (Å²) >= 11 is 0. The van der Waals surface area contributed by atoms with Gasteiger partial charge in [0.15, 0.2) is 0 Å². The van der Waals surface area contributed by atoms with Gasteiger partial charge in [-0.15, -0.1) is 0 Å². The number of amides is 1. The molecular weight excluding hydrogens is 328 g/mol. The van der Waals surface area contributed by atoms with E-state index in [1.165, 1.54) is 0 Å². The molecule has 2 saturated heterocycles. The van der Waals surface area contributed by atoms with Crippen LogP contribution in [0.15, 0.2) is 24.3 Å². The highest BCUT2D eigenvalue weighted by Crippen LogP contribution is 2.33. The predicted octanol–water partition coefficient (Wildman–Crippen LogP) is 2.17. The van der Waals surface area contributed by atoms with Crippen molar-refractivity contribution in [3.05, 3.63) is 24.3 Å². The largest absolute Gasteiger partial charge is 0.433 e. The Hall–Kier alpha value is -1.89. The molecule has 1 unspecified atom stereocenters. The van der Waals surface area contributed by atoms with Crippen molar-refractivity contribution < 1.29 is 18.3 Å². The summed E-state index contributed by atoms with van der Waals surface area (Å²) in [5.41, 5.74) is 0.694. The van der Waals surface area contributed by atoms with Crippen molar-refractivity contribution in [2.45, 2.75) is 38.0 Å². The number of ether oxygens (including phenoxy) is 1. The van der Waals surface area contributed by atoms with Crippen LogP contribution in [0.4, 0.5) is 14.5 Å². The van der Waals surface area contributed by atoms with Gasteiger partial charge in [-0.3, -0.25) is 9.69 Å².